The summed E-state index contributed by atoms with van der Waals surface area (Å²) in [6.45, 7) is 2.38. The summed E-state index contributed by atoms with van der Waals surface area (Å²) < 4.78 is 88.2. The molecule has 1 atom stereocenters. The predicted octanol–water partition coefficient (Wildman–Crippen LogP) is 4.22. The third-order valence-corrected chi connectivity index (χ3v) is 2.82. The van der Waals surface area contributed by atoms with Crippen molar-refractivity contribution in [2.24, 2.45) is 5.92 Å². The van der Waals surface area contributed by atoms with E-state index in [1.807, 2.05) is 0 Å². The van der Waals surface area contributed by atoms with Crippen LogP contribution in [0.5, 0.6) is 0 Å². The molecule has 20 heavy (non-hydrogen) atoms. The Bertz CT molecular complexity index is 453. The molecule has 0 fully saturated rings. The van der Waals surface area contributed by atoms with Crippen molar-refractivity contribution in [1.82, 2.24) is 0 Å². The lowest BCUT2D eigenvalue weighted by atomic mass is 9.92. The van der Waals surface area contributed by atoms with Crippen molar-refractivity contribution >= 4 is 0 Å². The van der Waals surface area contributed by atoms with Gasteiger partial charge in [-0.3, -0.25) is 0 Å². The molecule has 0 saturated heterocycles. The highest BCUT2D eigenvalue weighted by Gasteiger charge is 2.60. The molecule has 0 saturated carbocycles. The predicted molar refractivity (Wildman–Crippen MR) is 56.4 cm³/mol. The first kappa shape index (κ1) is 16.7. The topological polar surface area (TPSA) is 20.2 Å². The van der Waals surface area contributed by atoms with Gasteiger partial charge >= 0.3 is 12.4 Å². The van der Waals surface area contributed by atoms with Gasteiger partial charge in [-0.05, 0) is 30.5 Å². The SMILES string of the molecule is Cc1cc(C(O)C(C(F)(F)F)C(F)(F)F)cc(C)c1F. The van der Waals surface area contributed by atoms with Crippen molar-refractivity contribution in [3.05, 3.63) is 34.6 Å². The van der Waals surface area contributed by atoms with Gasteiger partial charge in [0.15, 0.2) is 5.92 Å². The van der Waals surface area contributed by atoms with Gasteiger partial charge in [-0.25, -0.2) is 4.39 Å². The number of hydrogen-bond acceptors (Lipinski definition) is 1. The number of rotatable bonds is 2. The van der Waals surface area contributed by atoms with Crippen LogP contribution in [0.25, 0.3) is 0 Å². The van der Waals surface area contributed by atoms with Crippen molar-refractivity contribution in [2.45, 2.75) is 32.3 Å². The first-order valence-electron chi connectivity index (χ1n) is 5.44. The number of alkyl halides is 6. The van der Waals surface area contributed by atoms with E-state index in [9.17, 15) is 35.8 Å². The first-order valence-corrected chi connectivity index (χ1v) is 5.44. The molecular weight excluding hydrogens is 293 g/mol. The number of hydrogen-bond donors (Lipinski definition) is 1. The lowest BCUT2D eigenvalue weighted by Crippen LogP contribution is -2.41. The van der Waals surface area contributed by atoms with Crippen LogP contribution in [0.4, 0.5) is 30.7 Å². The van der Waals surface area contributed by atoms with Gasteiger partial charge in [-0.2, -0.15) is 26.3 Å². The van der Waals surface area contributed by atoms with Crippen LogP contribution in [0.1, 0.15) is 22.8 Å². The monoisotopic (exact) mass is 304 g/mol. The lowest BCUT2D eigenvalue weighted by Gasteiger charge is -2.28. The maximum atomic E-state index is 13.3. The first-order chi connectivity index (χ1) is 8.85. The highest BCUT2D eigenvalue weighted by Crippen LogP contribution is 2.46. The zero-order valence-electron chi connectivity index (χ0n) is 10.4. The van der Waals surface area contributed by atoms with Gasteiger partial charge < -0.3 is 5.11 Å². The van der Waals surface area contributed by atoms with Gasteiger partial charge in [0, 0.05) is 0 Å². The average molecular weight is 304 g/mol. The van der Waals surface area contributed by atoms with Crippen LogP contribution in [0.3, 0.4) is 0 Å². The molecule has 1 rings (SSSR count). The van der Waals surface area contributed by atoms with E-state index in [4.69, 9.17) is 0 Å². The molecule has 0 aliphatic rings. The summed E-state index contributed by atoms with van der Waals surface area (Å²) in [6.07, 6.45) is -14.2. The molecule has 1 nitrogen and oxygen atoms in total. The van der Waals surface area contributed by atoms with Crippen LogP contribution < -0.4 is 0 Å². The molecule has 0 amide bonds. The van der Waals surface area contributed by atoms with Gasteiger partial charge in [0.05, 0.1) is 6.10 Å². The second kappa shape index (κ2) is 5.23. The molecule has 0 radical (unpaired) electrons. The van der Waals surface area contributed by atoms with Crippen molar-refractivity contribution in [1.29, 1.82) is 0 Å². The van der Waals surface area contributed by atoms with Gasteiger partial charge in [0.2, 0.25) is 0 Å². The lowest BCUT2D eigenvalue weighted by molar-refractivity contribution is -0.307. The zero-order valence-corrected chi connectivity index (χ0v) is 10.4. The molecule has 8 heteroatoms. The molecule has 0 aliphatic carbocycles. The summed E-state index contributed by atoms with van der Waals surface area (Å²) in [6, 6.07) is 1.55. The molecular formula is C12H11F7O. The fraction of sp³-hybridized carbons (Fsp3) is 0.500. The fourth-order valence-electron chi connectivity index (χ4n) is 1.89. The van der Waals surface area contributed by atoms with Crippen LogP contribution >= 0.6 is 0 Å². The van der Waals surface area contributed by atoms with Gasteiger partial charge in [-0.15, -0.1) is 0 Å². The van der Waals surface area contributed by atoms with Gasteiger partial charge in [-0.1, -0.05) is 12.1 Å². The Morgan fingerprint density at radius 1 is 0.900 bits per heavy atom. The maximum absolute atomic E-state index is 13.3. The van der Waals surface area contributed by atoms with Crippen LogP contribution in [-0.2, 0) is 0 Å². The third kappa shape index (κ3) is 3.41. The molecule has 114 valence electrons. The van der Waals surface area contributed by atoms with Crippen molar-refractivity contribution in [3.8, 4) is 0 Å². The molecule has 1 aromatic carbocycles. The number of aliphatic hydroxyl groups excluding tert-OH is 1. The Morgan fingerprint density at radius 3 is 1.55 bits per heavy atom. The number of halogens is 7. The number of aliphatic hydroxyl groups is 1. The summed E-state index contributed by atoms with van der Waals surface area (Å²) in [5.74, 6) is -4.66. The minimum absolute atomic E-state index is 0.137. The fourth-order valence-corrected chi connectivity index (χ4v) is 1.89. The largest absolute Gasteiger partial charge is 0.403 e. The molecule has 0 aromatic heterocycles. The summed E-state index contributed by atoms with van der Waals surface area (Å²) in [5, 5.41) is 9.43. The Labute approximate surface area is 110 Å². The molecule has 1 aromatic rings. The highest BCUT2D eigenvalue weighted by atomic mass is 19.4. The van der Waals surface area contributed by atoms with Crippen molar-refractivity contribution in [3.63, 3.8) is 0 Å². The summed E-state index contributed by atoms with van der Waals surface area (Å²) in [7, 11) is 0. The van der Waals surface area contributed by atoms with Crippen molar-refractivity contribution < 1.29 is 35.8 Å². The van der Waals surface area contributed by atoms with Crippen LogP contribution in [-0.4, -0.2) is 17.5 Å². The molecule has 0 aliphatic heterocycles. The molecule has 0 bridgehead atoms. The average Bonchev–Trinajstić information content (AvgIpc) is 2.20. The standard InChI is InChI=1S/C12H11F7O/c1-5-3-7(4-6(2)8(5)13)9(20)10(11(14,15)16)12(17,18)19/h3-4,9-10,20H,1-2H3. The van der Waals surface area contributed by atoms with E-state index in [0.29, 0.717) is 0 Å². The third-order valence-electron chi connectivity index (χ3n) is 2.82. The van der Waals surface area contributed by atoms with Gasteiger partial charge in [0.1, 0.15) is 5.82 Å². The van der Waals surface area contributed by atoms with Crippen LogP contribution in [0.2, 0.25) is 0 Å². The Hall–Kier alpha value is -1.31. The molecule has 1 unspecified atom stereocenters. The second-order valence-corrected chi connectivity index (χ2v) is 4.47. The van der Waals surface area contributed by atoms with E-state index in [-0.39, 0.29) is 11.1 Å². The van der Waals surface area contributed by atoms with Crippen LogP contribution in [0.15, 0.2) is 12.1 Å². The molecule has 0 spiro atoms. The highest BCUT2D eigenvalue weighted by molar-refractivity contribution is 5.32. The number of benzene rings is 1. The van der Waals surface area contributed by atoms with E-state index < -0.39 is 35.8 Å². The van der Waals surface area contributed by atoms with E-state index in [1.54, 1.807) is 0 Å². The molecule has 1 N–H and O–H groups in total. The summed E-state index contributed by atoms with van der Waals surface area (Å²) in [4.78, 5) is 0. The van der Waals surface area contributed by atoms with E-state index in [1.165, 1.54) is 13.8 Å². The Kier molecular flexibility index (Phi) is 4.38. The summed E-state index contributed by atoms with van der Waals surface area (Å²) >= 11 is 0. The maximum Gasteiger partial charge on any atom is 0.403 e. The Morgan fingerprint density at radius 2 is 1.25 bits per heavy atom. The number of aryl methyl sites for hydroxylation is 2. The van der Waals surface area contributed by atoms with Crippen molar-refractivity contribution in [2.75, 3.05) is 0 Å². The summed E-state index contributed by atoms with van der Waals surface area (Å²) in [5.41, 5.74) is -0.898. The van der Waals surface area contributed by atoms with Crippen LogP contribution in [0, 0.1) is 25.6 Å². The molecule has 0 heterocycles. The normalized spacial score (nSPS) is 14.8. The second-order valence-electron chi connectivity index (χ2n) is 4.47. The van der Waals surface area contributed by atoms with Gasteiger partial charge in [0.25, 0.3) is 0 Å². The smallest absolute Gasteiger partial charge is 0.387 e. The zero-order chi connectivity index (χ0) is 15.9. The van der Waals surface area contributed by atoms with E-state index >= 15 is 0 Å². The minimum Gasteiger partial charge on any atom is -0.387 e. The quantitative estimate of drug-likeness (QED) is 0.811. The minimum atomic E-state index is -5.66. The van der Waals surface area contributed by atoms with E-state index in [0.717, 1.165) is 12.1 Å². The van der Waals surface area contributed by atoms with E-state index in [2.05, 4.69) is 0 Å². The Balaban J connectivity index is 3.30.